The number of hydrogen-bond donors (Lipinski definition) is 1. The number of likely N-dealkylation sites (tertiary alicyclic amines) is 2. The number of aliphatic hydroxyl groups is 1. The average Bonchev–Trinajstić information content (AvgIpc) is 3.27. The van der Waals surface area contributed by atoms with Crippen molar-refractivity contribution in [1.29, 1.82) is 0 Å². The van der Waals surface area contributed by atoms with Crippen molar-refractivity contribution in [2.75, 3.05) is 40.4 Å². The standard InChI is InChI=1S/C26H34N4O5/c1-16-21(17(2)28(3)27-16)24(31)22-23(19-15-18(34-4)9-10-20(19)35-5)30(26(33)25(22)32)14-13-29-11-7-6-8-12-29/h9-10,15,23,31H,6-8,11-14H2,1-5H3/b24-22+. The largest absolute Gasteiger partial charge is 0.507 e. The van der Waals surface area contributed by atoms with Crippen molar-refractivity contribution in [1.82, 2.24) is 19.6 Å². The van der Waals surface area contributed by atoms with Gasteiger partial charge in [0.1, 0.15) is 17.3 Å². The van der Waals surface area contributed by atoms with Crippen LogP contribution in [0.4, 0.5) is 0 Å². The number of benzene rings is 1. The Morgan fingerprint density at radius 3 is 2.40 bits per heavy atom. The van der Waals surface area contributed by atoms with Crippen LogP contribution in [0.25, 0.3) is 5.76 Å². The van der Waals surface area contributed by atoms with Crippen LogP contribution in [0, 0.1) is 13.8 Å². The van der Waals surface area contributed by atoms with Gasteiger partial charge in [-0.15, -0.1) is 0 Å². The zero-order chi connectivity index (χ0) is 25.3. The van der Waals surface area contributed by atoms with E-state index in [1.165, 1.54) is 6.42 Å². The second-order valence-corrected chi connectivity index (χ2v) is 9.17. The fourth-order valence-electron chi connectivity index (χ4n) is 5.17. The van der Waals surface area contributed by atoms with Crippen molar-refractivity contribution >= 4 is 17.4 Å². The Morgan fingerprint density at radius 1 is 1.09 bits per heavy atom. The van der Waals surface area contributed by atoms with E-state index in [-0.39, 0.29) is 11.3 Å². The highest BCUT2D eigenvalue weighted by molar-refractivity contribution is 6.46. The lowest BCUT2D eigenvalue weighted by atomic mass is 9.94. The Morgan fingerprint density at radius 2 is 1.80 bits per heavy atom. The van der Waals surface area contributed by atoms with E-state index >= 15 is 0 Å². The third-order valence-electron chi connectivity index (χ3n) is 7.12. The molecule has 9 heteroatoms. The molecule has 2 aliphatic heterocycles. The summed E-state index contributed by atoms with van der Waals surface area (Å²) in [4.78, 5) is 30.7. The number of aryl methyl sites for hydroxylation is 2. The Kier molecular flexibility index (Phi) is 7.16. The van der Waals surface area contributed by atoms with Gasteiger partial charge in [0.2, 0.25) is 0 Å². The van der Waals surface area contributed by atoms with Crippen molar-refractivity contribution in [3.05, 3.63) is 46.3 Å². The fourth-order valence-corrected chi connectivity index (χ4v) is 5.17. The van der Waals surface area contributed by atoms with Gasteiger partial charge in [-0.25, -0.2) is 0 Å². The third-order valence-corrected chi connectivity index (χ3v) is 7.12. The summed E-state index contributed by atoms with van der Waals surface area (Å²) in [5.74, 6) is -0.486. The minimum absolute atomic E-state index is 0.0411. The van der Waals surface area contributed by atoms with Crippen molar-refractivity contribution < 1.29 is 24.2 Å². The molecule has 2 fully saturated rings. The summed E-state index contributed by atoms with van der Waals surface area (Å²) >= 11 is 0. The fraction of sp³-hybridized carbons (Fsp3) is 0.500. The second kappa shape index (κ2) is 10.1. The molecule has 1 aromatic heterocycles. The third kappa shape index (κ3) is 4.52. The van der Waals surface area contributed by atoms with Gasteiger partial charge in [-0.2, -0.15) is 5.10 Å². The molecule has 0 spiro atoms. The summed E-state index contributed by atoms with van der Waals surface area (Å²) in [5.41, 5.74) is 2.38. The highest BCUT2D eigenvalue weighted by Crippen LogP contribution is 2.44. The van der Waals surface area contributed by atoms with Gasteiger partial charge in [0, 0.05) is 31.4 Å². The van der Waals surface area contributed by atoms with E-state index in [2.05, 4.69) is 10.00 Å². The van der Waals surface area contributed by atoms with E-state index in [0.717, 1.165) is 25.9 Å². The molecule has 3 heterocycles. The van der Waals surface area contributed by atoms with Crippen LogP contribution < -0.4 is 9.47 Å². The summed E-state index contributed by atoms with van der Waals surface area (Å²) in [7, 11) is 4.88. The van der Waals surface area contributed by atoms with Gasteiger partial charge in [-0.05, 0) is 58.0 Å². The number of aromatic nitrogens is 2. The predicted octanol–water partition coefficient (Wildman–Crippen LogP) is 2.96. The summed E-state index contributed by atoms with van der Waals surface area (Å²) in [5, 5.41) is 15.9. The molecule has 35 heavy (non-hydrogen) atoms. The molecule has 1 unspecified atom stereocenters. The van der Waals surface area contributed by atoms with Crippen LogP contribution >= 0.6 is 0 Å². The number of ketones is 1. The topological polar surface area (TPSA) is 97.1 Å². The number of aliphatic hydroxyl groups excluding tert-OH is 1. The van der Waals surface area contributed by atoms with Gasteiger partial charge >= 0.3 is 0 Å². The highest BCUT2D eigenvalue weighted by atomic mass is 16.5. The zero-order valence-corrected chi connectivity index (χ0v) is 21.1. The normalized spacial score (nSPS) is 20.5. The number of methoxy groups -OCH3 is 2. The first-order valence-electron chi connectivity index (χ1n) is 12.0. The lowest BCUT2D eigenvalue weighted by Crippen LogP contribution is -2.40. The molecule has 0 aliphatic carbocycles. The Hall–Kier alpha value is -3.33. The van der Waals surface area contributed by atoms with E-state index in [9.17, 15) is 14.7 Å². The number of rotatable bonds is 7. The maximum absolute atomic E-state index is 13.4. The van der Waals surface area contributed by atoms with E-state index in [4.69, 9.17) is 9.47 Å². The molecule has 4 rings (SSSR count). The van der Waals surface area contributed by atoms with E-state index < -0.39 is 17.7 Å². The molecule has 188 valence electrons. The maximum atomic E-state index is 13.4. The van der Waals surface area contributed by atoms with Crippen LogP contribution in [0.1, 0.15) is 47.8 Å². The molecular weight excluding hydrogens is 448 g/mol. The molecule has 1 aromatic carbocycles. The summed E-state index contributed by atoms with van der Waals surface area (Å²) < 4.78 is 12.7. The molecule has 1 atom stereocenters. The van der Waals surface area contributed by atoms with Gasteiger partial charge in [0.15, 0.2) is 0 Å². The van der Waals surface area contributed by atoms with Crippen molar-refractivity contribution in [2.45, 2.75) is 39.2 Å². The second-order valence-electron chi connectivity index (χ2n) is 9.17. The highest BCUT2D eigenvalue weighted by Gasteiger charge is 2.47. The van der Waals surface area contributed by atoms with Crippen LogP contribution in [0.3, 0.4) is 0 Å². The molecule has 1 N–H and O–H groups in total. The molecule has 2 aliphatic rings. The Labute approximate surface area is 205 Å². The van der Waals surface area contributed by atoms with Gasteiger partial charge < -0.3 is 24.4 Å². The molecule has 2 aromatic rings. The van der Waals surface area contributed by atoms with Crippen molar-refractivity contribution in [2.24, 2.45) is 7.05 Å². The summed E-state index contributed by atoms with van der Waals surface area (Å²) in [6.45, 7) is 6.56. The monoisotopic (exact) mass is 482 g/mol. The Balaban J connectivity index is 1.86. The molecule has 0 radical (unpaired) electrons. The average molecular weight is 483 g/mol. The smallest absolute Gasteiger partial charge is 0.295 e. The predicted molar refractivity (Wildman–Crippen MR) is 132 cm³/mol. The molecule has 0 saturated carbocycles. The number of carbonyl (C=O) groups excluding carboxylic acids is 2. The number of amides is 1. The zero-order valence-electron chi connectivity index (χ0n) is 21.1. The molecule has 2 saturated heterocycles. The van der Waals surface area contributed by atoms with Crippen LogP contribution in [0.2, 0.25) is 0 Å². The lowest BCUT2D eigenvalue weighted by molar-refractivity contribution is -0.140. The number of piperidine rings is 1. The van der Waals surface area contributed by atoms with Crippen LogP contribution in [0.5, 0.6) is 11.5 Å². The van der Waals surface area contributed by atoms with Crippen LogP contribution in [-0.2, 0) is 16.6 Å². The first-order chi connectivity index (χ1) is 16.8. The van der Waals surface area contributed by atoms with Gasteiger partial charge in [0.25, 0.3) is 11.7 Å². The van der Waals surface area contributed by atoms with Crippen LogP contribution in [-0.4, -0.2) is 76.8 Å². The van der Waals surface area contributed by atoms with Gasteiger partial charge in [-0.1, -0.05) is 6.42 Å². The van der Waals surface area contributed by atoms with E-state index in [1.54, 1.807) is 56.0 Å². The molecular formula is C26H34N4O5. The number of Topliss-reactive ketones (excluding diaryl/α,β-unsaturated/α-hetero) is 1. The maximum Gasteiger partial charge on any atom is 0.295 e. The number of hydrogen-bond acceptors (Lipinski definition) is 7. The SMILES string of the molecule is COc1ccc(OC)c(C2/C(=C(\O)c3c(C)nn(C)c3C)C(=O)C(=O)N2CCN2CCCCC2)c1. The van der Waals surface area contributed by atoms with Crippen LogP contribution in [0.15, 0.2) is 23.8 Å². The molecule has 9 nitrogen and oxygen atoms in total. The van der Waals surface area contributed by atoms with E-state index in [1.807, 2.05) is 6.92 Å². The van der Waals surface area contributed by atoms with Crippen molar-refractivity contribution in [3.63, 3.8) is 0 Å². The van der Waals surface area contributed by atoms with Gasteiger partial charge in [0.05, 0.1) is 37.1 Å². The minimum Gasteiger partial charge on any atom is -0.507 e. The number of carbonyl (C=O) groups is 2. The summed E-state index contributed by atoms with van der Waals surface area (Å²) in [6, 6.07) is 4.46. The molecule has 0 bridgehead atoms. The Bertz CT molecular complexity index is 1160. The lowest BCUT2D eigenvalue weighted by Gasteiger charge is -2.31. The quantitative estimate of drug-likeness (QED) is 0.368. The number of nitrogens with zero attached hydrogens (tertiary/aromatic N) is 4. The van der Waals surface area contributed by atoms with Crippen molar-refractivity contribution in [3.8, 4) is 11.5 Å². The van der Waals surface area contributed by atoms with Gasteiger partial charge in [-0.3, -0.25) is 14.3 Å². The summed E-state index contributed by atoms with van der Waals surface area (Å²) in [6.07, 6.45) is 3.48. The first-order valence-corrected chi connectivity index (χ1v) is 12.0. The molecule has 1 amide bonds. The number of ether oxygens (including phenoxy) is 2. The minimum atomic E-state index is -0.816. The first kappa shape index (κ1) is 24.8. The van der Waals surface area contributed by atoms with E-state index in [0.29, 0.717) is 47.1 Å².